The molecule has 0 saturated carbocycles. The summed E-state index contributed by atoms with van der Waals surface area (Å²) in [5.41, 5.74) is 0. The Morgan fingerprint density at radius 3 is 1.16 bits per heavy atom. The SMILES string of the molecule is CCCCCCCCCCCCC(=O)O[C@H](COC(=O)CCCC)COP(=O)(O)OC[C@@H](O)[C@@H](O)OP(=O)(O)OC[C@@H](COC(=O)CCCCCC)OC(=O)CCCCCCC. The summed E-state index contributed by atoms with van der Waals surface area (Å²) in [6.07, 6.45) is 12.7. The van der Waals surface area contributed by atoms with Gasteiger partial charge in [0.15, 0.2) is 18.5 Å². The fourth-order valence-electron chi connectivity index (χ4n) is 5.77. The largest absolute Gasteiger partial charge is 0.474 e. The number of phosphoric ester groups is 2. The number of rotatable bonds is 43. The minimum atomic E-state index is -5.20. The number of esters is 4. The predicted molar refractivity (Wildman–Crippen MR) is 230 cm³/mol. The van der Waals surface area contributed by atoms with E-state index in [1.807, 2.05) is 13.8 Å². The summed E-state index contributed by atoms with van der Waals surface area (Å²) in [5.74, 6) is -2.39. The molecular weight excluding hydrogens is 854 g/mol. The molecule has 0 aromatic heterocycles. The molecular formula is C42H80O18P2. The standard InChI is InChI=1S/C42H80O18P2/c1-5-9-13-16-17-18-19-20-22-25-29-41(47)58-35(30-53-38(44)26-12-8-4)32-55-61(49,50)57-34-37(43)42(48)60-62(51,52)56-33-36(31-54-39(45)27-23-15-11-7-3)59-40(46)28-24-21-14-10-6-2/h35-37,42-43,48H,5-34H2,1-4H3,(H,49,50)(H,51,52)/t35-,36-,37-,42+/m1/s1. The minimum Gasteiger partial charge on any atom is -0.462 e. The van der Waals surface area contributed by atoms with Gasteiger partial charge >= 0.3 is 39.5 Å². The topological polar surface area (TPSA) is 257 Å². The first-order valence-electron chi connectivity index (χ1n) is 22.9. The summed E-state index contributed by atoms with van der Waals surface area (Å²) >= 11 is 0. The lowest BCUT2D eigenvalue weighted by Crippen LogP contribution is -2.33. The predicted octanol–water partition coefficient (Wildman–Crippen LogP) is 8.68. The Morgan fingerprint density at radius 2 is 0.742 bits per heavy atom. The van der Waals surface area contributed by atoms with Crippen LogP contribution in [0.3, 0.4) is 0 Å². The summed E-state index contributed by atoms with van der Waals surface area (Å²) in [6.45, 7) is 4.51. The zero-order chi connectivity index (χ0) is 46.5. The van der Waals surface area contributed by atoms with E-state index < -0.39 is 97.2 Å². The van der Waals surface area contributed by atoms with Crippen LogP contribution in [0.4, 0.5) is 0 Å². The van der Waals surface area contributed by atoms with Gasteiger partial charge in [-0.3, -0.25) is 37.3 Å². The average Bonchev–Trinajstić information content (AvgIpc) is 3.23. The maximum atomic E-state index is 12.7. The summed E-state index contributed by atoms with van der Waals surface area (Å²) in [4.78, 5) is 69.9. The van der Waals surface area contributed by atoms with Crippen LogP contribution in [0.2, 0.25) is 0 Å². The molecule has 62 heavy (non-hydrogen) atoms. The Hall–Kier alpha value is -1.98. The number of hydrogen-bond acceptors (Lipinski definition) is 16. The van der Waals surface area contributed by atoms with Crippen LogP contribution >= 0.6 is 15.6 Å². The highest BCUT2D eigenvalue weighted by Gasteiger charge is 2.34. The molecule has 20 heteroatoms. The molecule has 0 saturated heterocycles. The second-order valence-electron chi connectivity index (χ2n) is 15.5. The number of aliphatic hydroxyl groups excluding tert-OH is 2. The van der Waals surface area contributed by atoms with Crippen molar-refractivity contribution in [3.63, 3.8) is 0 Å². The fourth-order valence-corrected chi connectivity index (χ4v) is 7.37. The average molecular weight is 935 g/mol. The van der Waals surface area contributed by atoms with Crippen LogP contribution in [0, 0.1) is 0 Å². The molecule has 18 nitrogen and oxygen atoms in total. The highest BCUT2D eigenvalue weighted by atomic mass is 31.2. The molecule has 0 aromatic rings. The highest BCUT2D eigenvalue weighted by molar-refractivity contribution is 7.47. The molecule has 0 aliphatic heterocycles. The highest BCUT2D eigenvalue weighted by Crippen LogP contribution is 2.46. The van der Waals surface area contributed by atoms with Gasteiger partial charge in [0, 0.05) is 25.7 Å². The van der Waals surface area contributed by atoms with Gasteiger partial charge < -0.3 is 38.9 Å². The summed E-state index contributed by atoms with van der Waals surface area (Å²) in [6, 6.07) is 0. The molecule has 0 aliphatic carbocycles. The molecule has 0 spiro atoms. The molecule has 0 aromatic carbocycles. The third kappa shape index (κ3) is 36.4. The molecule has 366 valence electrons. The van der Waals surface area contributed by atoms with Gasteiger partial charge in [0.05, 0.1) is 19.8 Å². The number of carbonyl (C=O) groups is 4. The van der Waals surface area contributed by atoms with Gasteiger partial charge in [-0.2, -0.15) is 0 Å². The number of carbonyl (C=O) groups excluding carboxylic acids is 4. The van der Waals surface area contributed by atoms with Crippen LogP contribution in [0.1, 0.15) is 188 Å². The van der Waals surface area contributed by atoms with E-state index in [1.165, 1.54) is 32.1 Å². The normalized spacial score (nSPS) is 15.4. The van der Waals surface area contributed by atoms with Crippen molar-refractivity contribution in [1.29, 1.82) is 0 Å². The van der Waals surface area contributed by atoms with E-state index >= 15 is 0 Å². The molecule has 0 amide bonds. The molecule has 4 N–H and O–H groups in total. The van der Waals surface area contributed by atoms with Gasteiger partial charge in [0.1, 0.15) is 19.3 Å². The van der Waals surface area contributed by atoms with Crippen molar-refractivity contribution in [2.45, 2.75) is 213 Å². The molecule has 0 bridgehead atoms. The molecule has 6 atom stereocenters. The first kappa shape index (κ1) is 60.0. The summed E-state index contributed by atoms with van der Waals surface area (Å²) in [5, 5.41) is 20.6. The van der Waals surface area contributed by atoms with Crippen LogP contribution in [0.15, 0.2) is 0 Å². The van der Waals surface area contributed by atoms with Crippen LogP contribution in [0.25, 0.3) is 0 Å². The quantitative estimate of drug-likeness (QED) is 0.0147. The van der Waals surface area contributed by atoms with Crippen LogP contribution in [-0.2, 0) is 65.4 Å². The number of unbranched alkanes of at least 4 members (excludes halogenated alkanes) is 17. The first-order chi connectivity index (χ1) is 29.6. The van der Waals surface area contributed by atoms with Crippen molar-refractivity contribution in [2.24, 2.45) is 0 Å². The van der Waals surface area contributed by atoms with Gasteiger partial charge in [-0.1, -0.05) is 137 Å². The molecule has 0 rings (SSSR count). The van der Waals surface area contributed by atoms with E-state index in [9.17, 15) is 48.3 Å². The van der Waals surface area contributed by atoms with Crippen LogP contribution in [0.5, 0.6) is 0 Å². The van der Waals surface area contributed by atoms with E-state index in [0.717, 1.165) is 77.0 Å². The second kappa shape index (κ2) is 38.3. The maximum Gasteiger partial charge on any atom is 0.474 e. The number of ether oxygens (including phenoxy) is 4. The Balaban J connectivity index is 5.14. The first-order valence-corrected chi connectivity index (χ1v) is 25.9. The van der Waals surface area contributed by atoms with Crippen LogP contribution in [-0.4, -0.2) is 102 Å². The van der Waals surface area contributed by atoms with E-state index in [0.29, 0.717) is 25.7 Å². The van der Waals surface area contributed by atoms with Crippen LogP contribution < -0.4 is 0 Å². The zero-order valence-corrected chi connectivity index (χ0v) is 39.7. The van der Waals surface area contributed by atoms with Crippen molar-refractivity contribution in [1.82, 2.24) is 0 Å². The van der Waals surface area contributed by atoms with Crippen molar-refractivity contribution < 1.29 is 85.4 Å². The fraction of sp³-hybridized carbons (Fsp3) is 0.905. The Bertz CT molecular complexity index is 1270. The van der Waals surface area contributed by atoms with E-state index in [-0.39, 0.29) is 25.7 Å². The molecule has 0 heterocycles. The van der Waals surface area contributed by atoms with Gasteiger partial charge in [-0.25, -0.2) is 9.13 Å². The lowest BCUT2D eigenvalue weighted by Gasteiger charge is -2.23. The van der Waals surface area contributed by atoms with Crippen molar-refractivity contribution in [2.75, 3.05) is 33.0 Å². The molecule has 0 radical (unpaired) electrons. The monoisotopic (exact) mass is 934 g/mol. The van der Waals surface area contributed by atoms with Gasteiger partial charge in [0.25, 0.3) is 0 Å². The maximum absolute atomic E-state index is 12.7. The lowest BCUT2D eigenvalue weighted by atomic mass is 10.1. The third-order valence-corrected chi connectivity index (χ3v) is 11.4. The number of hydrogen-bond donors (Lipinski definition) is 4. The molecule has 0 aliphatic rings. The third-order valence-electron chi connectivity index (χ3n) is 9.47. The van der Waals surface area contributed by atoms with Crippen molar-refractivity contribution >= 4 is 39.5 Å². The molecule has 2 unspecified atom stereocenters. The zero-order valence-electron chi connectivity index (χ0n) is 37.9. The minimum absolute atomic E-state index is 0.0551. The Kier molecular flexibility index (Phi) is 37.1. The van der Waals surface area contributed by atoms with Gasteiger partial charge in [-0.15, -0.1) is 0 Å². The molecule has 0 fully saturated rings. The van der Waals surface area contributed by atoms with Gasteiger partial charge in [0.2, 0.25) is 0 Å². The summed E-state index contributed by atoms with van der Waals surface area (Å²) < 4.78 is 65.5. The number of aliphatic hydroxyl groups is 2. The Labute approximate surface area is 370 Å². The van der Waals surface area contributed by atoms with Crippen molar-refractivity contribution in [3.05, 3.63) is 0 Å². The lowest BCUT2D eigenvalue weighted by molar-refractivity contribution is -0.162. The number of phosphoric acid groups is 2. The van der Waals surface area contributed by atoms with E-state index in [1.54, 1.807) is 0 Å². The Morgan fingerprint density at radius 1 is 0.419 bits per heavy atom. The van der Waals surface area contributed by atoms with Gasteiger partial charge in [-0.05, 0) is 25.7 Å². The van der Waals surface area contributed by atoms with E-state index in [4.69, 9.17) is 32.5 Å². The summed E-state index contributed by atoms with van der Waals surface area (Å²) in [7, 11) is -10.2. The van der Waals surface area contributed by atoms with Crippen molar-refractivity contribution in [3.8, 4) is 0 Å². The second-order valence-corrected chi connectivity index (χ2v) is 18.3. The van der Waals surface area contributed by atoms with E-state index in [2.05, 4.69) is 18.4 Å². The smallest absolute Gasteiger partial charge is 0.462 e.